The number of carbonyl (C=O) groups is 1. The van der Waals surface area contributed by atoms with Gasteiger partial charge in [-0.2, -0.15) is 0 Å². The maximum Gasteiger partial charge on any atom is 0.255 e. The highest BCUT2D eigenvalue weighted by atomic mass is 16.5. The molecule has 6 heteroatoms. The van der Waals surface area contributed by atoms with Gasteiger partial charge in [0.1, 0.15) is 6.61 Å². The van der Waals surface area contributed by atoms with Crippen molar-refractivity contribution in [3.63, 3.8) is 0 Å². The third-order valence-electron chi connectivity index (χ3n) is 4.20. The Morgan fingerprint density at radius 3 is 2.67 bits per heavy atom. The van der Waals surface area contributed by atoms with Crippen molar-refractivity contribution in [3.05, 3.63) is 77.7 Å². The molecule has 1 aliphatic heterocycles. The first kappa shape index (κ1) is 18.6. The molecule has 27 heavy (non-hydrogen) atoms. The van der Waals surface area contributed by atoms with Crippen LogP contribution in [0.25, 0.3) is 0 Å². The molecular weight excluding hydrogens is 340 g/mol. The lowest BCUT2D eigenvalue weighted by Crippen LogP contribution is -2.38. The van der Waals surface area contributed by atoms with Crippen LogP contribution in [0.15, 0.2) is 60.9 Å². The summed E-state index contributed by atoms with van der Waals surface area (Å²) in [5, 5.41) is 4.48. The van der Waals surface area contributed by atoms with E-state index in [-0.39, 0.29) is 5.91 Å². The number of pyridine rings is 1. The van der Waals surface area contributed by atoms with Gasteiger partial charge in [0.2, 0.25) is 5.88 Å². The second-order valence-electron chi connectivity index (χ2n) is 5.94. The molecule has 0 fully saturated rings. The summed E-state index contributed by atoms with van der Waals surface area (Å²) in [5.41, 5.74) is 2.68. The first-order valence-electron chi connectivity index (χ1n) is 9.22. The van der Waals surface area contributed by atoms with E-state index in [4.69, 9.17) is 4.74 Å². The first-order valence-corrected chi connectivity index (χ1v) is 9.22. The van der Waals surface area contributed by atoms with E-state index in [2.05, 4.69) is 10.1 Å². The molecule has 0 N–H and O–H groups in total. The molecule has 4 rings (SSSR count). The minimum Gasteiger partial charge on any atom is -0.472 e. The van der Waals surface area contributed by atoms with E-state index >= 15 is 0 Å². The average molecular weight is 364 g/mol. The quantitative estimate of drug-likeness (QED) is 0.710. The Kier molecular flexibility index (Phi) is 6.20. The molecule has 1 aromatic carbocycles. The predicted molar refractivity (Wildman–Crippen MR) is 103 cm³/mol. The zero-order valence-corrected chi connectivity index (χ0v) is 15.7. The lowest BCUT2D eigenvalue weighted by molar-refractivity contribution is 0.0705. The van der Waals surface area contributed by atoms with Gasteiger partial charge in [0, 0.05) is 25.0 Å². The van der Waals surface area contributed by atoms with E-state index in [1.54, 1.807) is 24.5 Å². The van der Waals surface area contributed by atoms with Crippen LogP contribution in [-0.2, 0) is 19.7 Å². The number of amides is 1. The topological polar surface area (TPSA) is 60.2 Å². The number of ether oxygens (including phenoxy) is 1. The summed E-state index contributed by atoms with van der Waals surface area (Å²) in [4.78, 5) is 18.4. The summed E-state index contributed by atoms with van der Waals surface area (Å²) < 4.78 is 7.69. The number of rotatable bonds is 4. The molecule has 0 atom stereocenters. The molecule has 0 saturated carbocycles. The monoisotopic (exact) mass is 364 g/mol. The smallest absolute Gasteiger partial charge is 0.255 e. The standard InChI is InChI=1S/C19H18N4O2.C2H6/c24-19(16-7-4-8-20-12-16)22-9-10-23-17(13-22)11-18(21-23)25-14-15-5-2-1-3-6-15;1-2/h1-8,11-12H,9-10,13-14H2;1-2H3. The fourth-order valence-electron chi connectivity index (χ4n) is 2.89. The number of nitrogens with zero attached hydrogens (tertiary/aromatic N) is 4. The molecular formula is C21H24N4O2. The van der Waals surface area contributed by atoms with Crippen molar-refractivity contribution in [2.75, 3.05) is 6.54 Å². The Bertz CT molecular complexity index is 862. The highest BCUT2D eigenvalue weighted by Gasteiger charge is 2.23. The van der Waals surface area contributed by atoms with Gasteiger partial charge in [0.05, 0.1) is 24.3 Å². The highest BCUT2D eigenvalue weighted by molar-refractivity contribution is 5.93. The Hall–Kier alpha value is -3.15. The van der Waals surface area contributed by atoms with Gasteiger partial charge in [-0.05, 0) is 17.7 Å². The number of carbonyl (C=O) groups excluding carboxylic acids is 1. The van der Waals surface area contributed by atoms with Crippen LogP contribution < -0.4 is 4.74 Å². The summed E-state index contributed by atoms with van der Waals surface area (Å²) >= 11 is 0. The summed E-state index contributed by atoms with van der Waals surface area (Å²) in [6, 6.07) is 15.5. The number of hydrogen-bond acceptors (Lipinski definition) is 4. The maximum atomic E-state index is 12.6. The van der Waals surface area contributed by atoms with Gasteiger partial charge in [-0.3, -0.25) is 14.5 Å². The highest BCUT2D eigenvalue weighted by Crippen LogP contribution is 2.20. The number of benzene rings is 1. The largest absolute Gasteiger partial charge is 0.472 e. The number of hydrogen-bond donors (Lipinski definition) is 0. The molecule has 0 aliphatic carbocycles. The zero-order chi connectivity index (χ0) is 19.1. The van der Waals surface area contributed by atoms with Gasteiger partial charge >= 0.3 is 0 Å². The molecule has 0 bridgehead atoms. The number of aromatic nitrogens is 3. The fourth-order valence-corrected chi connectivity index (χ4v) is 2.89. The van der Waals surface area contributed by atoms with Crippen molar-refractivity contribution in [2.24, 2.45) is 0 Å². The van der Waals surface area contributed by atoms with Crippen molar-refractivity contribution >= 4 is 5.91 Å². The normalized spacial score (nSPS) is 12.6. The molecule has 0 saturated heterocycles. The maximum absolute atomic E-state index is 12.6. The molecule has 2 aromatic heterocycles. The van der Waals surface area contributed by atoms with E-state index in [9.17, 15) is 4.79 Å². The predicted octanol–water partition coefficient (Wildman–Crippen LogP) is 3.54. The van der Waals surface area contributed by atoms with Crippen molar-refractivity contribution < 1.29 is 9.53 Å². The van der Waals surface area contributed by atoms with Gasteiger partial charge in [-0.25, -0.2) is 0 Å². The third kappa shape index (κ3) is 4.53. The van der Waals surface area contributed by atoms with E-state index < -0.39 is 0 Å². The lowest BCUT2D eigenvalue weighted by atomic mass is 10.2. The Balaban J connectivity index is 0.00000102. The first-order chi connectivity index (χ1) is 13.3. The molecule has 0 unspecified atom stereocenters. The van der Waals surface area contributed by atoms with Gasteiger partial charge in [-0.1, -0.05) is 44.2 Å². The molecule has 6 nitrogen and oxygen atoms in total. The third-order valence-corrected chi connectivity index (χ3v) is 4.20. The lowest BCUT2D eigenvalue weighted by Gasteiger charge is -2.27. The molecule has 0 spiro atoms. The summed E-state index contributed by atoms with van der Waals surface area (Å²) in [7, 11) is 0. The Morgan fingerprint density at radius 1 is 1.11 bits per heavy atom. The molecule has 0 radical (unpaired) electrons. The Morgan fingerprint density at radius 2 is 1.93 bits per heavy atom. The molecule has 140 valence electrons. The Labute approximate surface area is 159 Å². The SMILES string of the molecule is CC.O=C(c1cccnc1)N1CCn2nc(OCc3ccccc3)cc2C1. The van der Waals surface area contributed by atoms with E-state index in [0.717, 1.165) is 11.3 Å². The van der Waals surface area contributed by atoms with E-state index in [1.807, 2.05) is 59.8 Å². The number of fused-ring (bicyclic) bond motifs is 1. The van der Waals surface area contributed by atoms with Crippen molar-refractivity contribution in [1.82, 2.24) is 19.7 Å². The average Bonchev–Trinajstić information content (AvgIpc) is 3.17. The second-order valence-corrected chi connectivity index (χ2v) is 5.94. The van der Waals surface area contributed by atoms with Crippen LogP contribution in [0.1, 0.15) is 35.5 Å². The van der Waals surface area contributed by atoms with Crippen LogP contribution in [-0.4, -0.2) is 32.1 Å². The zero-order valence-electron chi connectivity index (χ0n) is 15.7. The molecule has 3 heterocycles. The van der Waals surface area contributed by atoms with Crippen molar-refractivity contribution in [1.29, 1.82) is 0 Å². The van der Waals surface area contributed by atoms with Crippen molar-refractivity contribution in [3.8, 4) is 5.88 Å². The van der Waals surface area contributed by atoms with E-state index in [0.29, 0.717) is 37.7 Å². The molecule has 1 amide bonds. The molecule has 1 aliphatic rings. The van der Waals surface area contributed by atoms with Crippen LogP contribution >= 0.6 is 0 Å². The minimum atomic E-state index is -0.00713. The van der Waals surface area contributed by atoms with Gasteiger partial charge in [-0.15, -0.1) is 5.10 Å². The van der Waals surface area contributed by atoms with Crippen molar-refractivity contribution in [2.45, 2.75) is 33.5 Å². The second kappa shape index (κ2) is 8.98. The van der Waals surface area contributed by atoms with Gasteiger partial charge < -0.3 is 9.64 Å². The van der Waals surface area contributed by atoms with Crippen LogP contribution in [0.5, 0.6) is 5.88 Å². The van der Waals surface area contributed by atoms with Crippen LogP contribution in [0, 0.1) is 0 Å². The van der Waals surface area contributed by atoms with Crippen LogP contribution in [0.4, 0.5) is 0 Å². The summed E-state index contributed by atoms with van der Waals surface area (Å²) in [6.45, 7) is 6.29. The van der Waals surface area contributed by atoms with Gasteiger partial charge in [0.15, 0.2) is 0 Å². The molecule has 3 aromatic rings. The van der Waals surface area contributed by atoms with E-state index in [1.165, 1.54) is 0 Å². The van der Waals surface area contributed by atoms with Crippen LogP contribution in [0.2, 0.25) is 0 Å². The fraction of sp³-hybridized carbons (Fsp3) is 0.286. The van der Waals surface area contributed by atoms with Crippen LogP contribution in [0.3, 0.4) is 0 Å². The minimum absolute atomic E-state index is 0.00713. The summed E-state index contributed by atoms with van der Waals surface area (Å²) in [6.07, 6.45) is 3.26. The summed E-state index contributed by atoms with van der Waals surface area (Å²) in [5.74, 6) is 0.585. The van der Waals surface area contributed by atoms with Gasteiger partial charge in [0.25, 0.3) is 5.91 Å².